The Kier molecular flexibility index (Phi) is 9.44. The van der Waals surface area contributed by atoms with Crippen LogP contribution in [0.1, 0.15) is 13.8 Å². The Labute approximate surface area is 128 Å². The van der Waals surface area contributed by atoms with Crippen molar-refractivity contribution in [3.05, 3.63) is 24.0 Å². The number of rotatable bonds is 7. The van der Waals surface area contributed by atoms with E-state index in [1.54, 1.807) is 19.9 Å². The average molecular weight is 314 g/mol. The number of esters is 2. The molecule has 0 aromatic carbocycles. The lowest BCUT2D eigenvalue weighted by Gasteiger charge is -2.06. The molecule has 0 rings (SSSR count). The first-order valence-corrected chi connectivity index (χ1v) is 6.58. The summed E-state index contributed by atoms with van der Waals surface area (Å²) in [6.07, 6.45) is 2.52. The van der Waals surface area contributed by atoms with Crippen LogP contribution >= 0.6 is 12.2 Å². The van der Waals surface area contributed by atoms with Gasteiger partial charge in [0.15, 0.2) is 5.11 Å². The van der Waals surface area contributed by atoms with E-state index in [1.165, 1.54) is 0 Å². The van der Waals surface area contributed by atoms with Crippen molar-refractivity contribution in [3.8, 4) is 0 Å². The molecular formula is C13H18N2O5S. The maximum absolute atomic E-state index is 11.7. The Bertz CT molecular complexity index is 471. The van der Waals surface area contributed by atoms with Crippen molar-refractivity contribution in [1.82, 2.24) is 5.32 Å². The summed E-state index contributed by atoms with van der Waals surface area (Å²) in [6, 6.07) is 0. The topological polar surface area (TPSA) is 97.2 Å². The summed E-state index contributed by atoms with van der Waals surface area (Å²) in [6.45, 7) is 7.16. The number of nitrogens with one attached hydrogen (secondary N) is 1. The number of hydrogen-bond acceptors (Lipinski definition) is 6. The molecule has 0 aliphatic heterocycles. The summed E-state index contributed by atoms with van der Waals surface area (Å²) in [5.74, 6) is -2.83. The lowest BCUT2D eigenvalue weighted by molar-refractivity contribution is -0.143. The smallest absolute Gasteiger partial charge is 0.374 e. The largest absolute Gasteiger partial charge is 0.501 e. The molecule has 0 aliphatic carbocycles. The van der Waals surface area contributed by atoms with Crippen LogP contribution in [0.25, 0.3) is 0 Å². The molecule has 0 fully saturated rings. The van der Waals surface area contributed by atoms with Crippen molar-refractivity contribution in [3.63, 3.8) is 0 Å². The van der Waals surface area contributed by atoms with Crippen molar-refractivity contribution < 1.29 is 24.2 Å². The molecule has 2 N–H and O–H groups in total. The highest BCUT2D eigenvalue weighted by atomic mass is 32.1. The number of hydrogen-bond donors (Lipinski definition) is 2. The molecule has 0 amide bonds. The molecule has 21 heavy (non-hydrogen) atoms. The van der Waals surface area contributed by atoms with E-state index in [9.17, 15) is 14.7 Å². The van der Waals surface area contributed by atoms with Gasteiger partial charge >= 0.3 is 11.9 Å². The number of thiocarbonyl (C=S) groups is 1. The second kappa shape index (κ2) is 10.6. The maximum Gasteiger partial charge on any atom is 0.374 e. The van der Waals surface area contributed by atoms with Crippen molar-refractivity contribution in [2.45, 2.75) is 13.8 Å². The van der Waals surface area contributed by atoms with Gasteiger partial charge < -0.3 is 19.9 Å². The molecule has 0 aromatic heterocycles. The summed E-state index contributed by atoms with van der Waals surface area (Å²) < 4.78 is 9.34. The molecule has 7 nitrogen and oxygen atoms in total. The second-order valence-corrected chi connectivity index (χ2v) is 3.82. The molecule has 8 heteroatoms. The van der Waals surface area contributed by atoms with E-state index in [2.05, 4.69) is 21.6 Å². The summed E-state index contributed by atoms with van der Waals surface area (Å²) in [7, 11) is 0. The van der Waals surface area contributed by atoms with Gasteiger partial charge in [0, 0.05) is 12.8 Å². The highest BCUT2D eigenvalue weighted by Gasteiger charge is 2.21. The molecule has 0 unspecified atom stereocenters. The molecule has 0 radical (unpaired) electrons. The second-order valence-electron chi connectivity index (χ2n) is 3.44. The van der Waals surface area contributed by atoms with Crippen LogP contribution in [0.4, 0.5) is 0 Å². The van der Waals surface area contributed by atoms with Crippen molar-refractivity contribution >= 4 is 35.5 Å². The van der Waals surface area contributed by atoms with Gasteiger partial charge in [-0.15, -0.1) is 6.58 Å². The zero-order valence-corrected chi connectivity index (χ0v) is 12.7. The van der Waals surface area contributed by atoms with Crippen LogP contribution in [0.3, 0.4) is 0 Å². The number of aliphatic hydroxyl groups excluding tert-OH is 1. The fourth-order valence-corrected chi connectivity index (χ4v) is 1.19. The normalized spacial score (nSPS) is 11.5. The molecule has 0 heterocycles. The van der Waals surface area contributed by atoms with Gasteiger partial charge in [-0.1, -0.05) is 6.08 Å². The molecule has 0 aliphatic rings. The van der Waals surface area contributed by atoms with Crippen LogP contribution < -0.4 is 5.32 Å². The molecule has 0 saturated heterocycles. The van der Waals surface area contributed by atoms with Crippen LogP contribution in [-0.2, 0) is 19.1 Å². The first kappa shape index (κ1) is 18.8. The van der Waals surface area contributed by atoms with Crippen LogP contribution in [0.15, 0.2) is 29.0 Å². The van der Waals surface area contributed by atoms with Crippen molar-refractivity contribution in [2.24, 2.45) is 4.99 Å². The Morgan fingerprint density at radius 1 is 1.29 bits per heavy atom. The number of carbonyl (C=O) groups is 2. The van der Waals surface area contributed by atoms with E-state index in [0.717, 1.165) is 6.21 Å². The van der Waals surface area contributed by atoms with Gasteiger partial charge in [-0.2, -0.15) is 0 Å². The minimum Gasteiger partial charge on any atom is -0.501 e. The third-order valence-corrected chi connectivity index (χ3v) is 2.18. The van der Waals surface area contributed by atoms with Gasteiger partial charge in [0.1, 0.15) is 5.57 Å². The average Bonchev–Trinajstić information content (AvgIpc) is 2.45. The zero-order chi connectivity index (χ0) is 16.3. The van der Waals surface area contributed by atoms with E-state index < -0.39 is 23.3 Å². The monoisotopic (exact) mass is 314 g/mol. The minimum absolute atomic E-state index is 0.0510. The number of nitrogens with zero attached hydrogens (tertiary/aromatic N) is 1. The Hall–Kier alpha value is -2.22. The fourth-order valence-electron chi connectivity index (χ4n) is 1.06. The highest BCUT2D eigenvalue weighted by molar-refractivity contribution is 7.80. The van der Waals surface area contributed by atoms with Crippen LogP contribution in [-0.4, -0.2) is 48.1 Å². The summed E-state index contributed by atoms with van der Waals surface area (Å²) in [4.78, 5) is 26.9. The van der Waals surface area contributed by atoms with Gasteiger partial charge in [0.2, 0.25) is 5.76 Å². The van der Waals surface area contributed by atoms with E-state index in [-0.39, 0.29) is 18.3 Å². The van der Waals surface area contributed by atoms with E-state index >= 15 is 0 Å². The lowest BCUT2D eigenvalue weighted by atomic mass is 10.2. The predicted molar refractivity (Wildman–Crippen MR) is 82.2 cm³/mol. The van der Waals surface area contributed by atoms with Gasteiger partial charge in [-0.05, 0) is 26.1 Å². The molecule has 0 bridgehead atoms. The molecule has 0 atom stereocenters. The van der Waals surface area contributed by atoms with Gasteiger partial charge in [0.25, 0.3) is 0 Å². The van der Waals surface area contributed by atoms with Gasteiger partial charge in [-0.3, -0.25) is 0 Å². The maximum atomic E-state index is 11.7. The van der Waals surface area contributed by atoms with E-state index in [1.807, 2.05) is 0 Å². The Morgan fingerprint density at radius 2 is 1.86 bits per heavy atom. The summed E-state index contributed by atoms with van der Waals surface area (Å²) in [5.41, 5.74) is -0.432. The highest BCUT2D eigenvalue weighted by Crippen LogP contribution is 2.05. The molecule has 116 valence electrons. The molecule has 0 saturated carbocycles. The number of carbonyl (C=O) groups excluding carboxylic acids is 2. The van der Waals surface area contributed by atoms with Crippen LogP contribution in [0, 0.1) is 0 Å². The van der Waals surface area contributed by atoms with Crippen LogP contribution in [0.2, 0.25) is 0 Å². The first-order valence-electron chi connectivity index (χ1n) is 6.18. The standard InChI is InChI=1S/C13H18N2O5S/c1-4-7-14-13(21)15-8-9(11(17)19-5-2)10(16)12(18)20-6-3/h4,8,16H,1,5-7H2,2-3H3,(H,14,21)/b10-9+,15-8-. The fraction of sp³-hybridized carbons (Fsp3) is 0.385. The SMILES string of the molecule is C=CCNC(=S)/N=C\C(C(=O)OCC)=C(/O)C(=O)OCC. The Morgan fingerprint density at radius 3 is 2.38 bits per heavy atom. The quantitative estimate of drug-likeness (QED) is 0.181. The summed E-state index contributed by atoms with van der Waals surface area (Å²) >= 11 is 4.86. The van der Waals surface area contributed by atoms with Gasteiger partial charge in [-0.25, -0.2) is 14.6 Å². The summed E-state index contributed by atoms with van der Waals surface area (Å²) in [5, 5.41) is 12.5. The third-order valence-electron chi connectivity index (χ3n) is 1.93. The minimum atomic E-state index is -1.04. The zero-order valence-electron chi connectivity index (χ0n) is 11.9. The number of aliphatic hydroxyl groups is 1. The first-order chi connectivity index (χ1) is 9.97. The number of aliphatic imine (C=N–C) groups is 1. The van der Waals surface area contributed by atoms with Crippen molar-refractivity contribution in [2.75, 3.05) is 19.8 Å². The van der Waals surface area contributed by atoms with E-state index in [4.69, 9.17) is 17.0 Å². The number of ether oxygens (including phenoxy) is 2. The molecule has 0 aromatic rings. The predicted octanol–water partition coefficient (Wildman–Crippen LogP) is 1.06. The van der Waals surface area contributed by atoms with Gasteiger partial charge in [0.05, 0.1) is 13.2 Å². The third kappa shape index (κ3) is 7.21. The lowest BCUT2D eigenvalue weighted by Crippen LogP contribution is -2.21. The van der Waals surface area contributed by atoms with Crippen molar-refractivity contribution in [1.29, 1.82) is 0 Å². The van der Waals surface area contributed by atoms with E-state index in [0.29, 0.717) is 6.54 Å². The molecular weight excluding hydrogens is 296 g/mol. The Balaban J connectivity index is 5.23. The van der Waals surface area contributed by atoms with Crippen LogP contribution in [0.5, 0.6) is 0 Å². The molecule has 0 spiro atoms.